The minimum Gasteiger partial charge on any atom is -0.481 e. The number of carbonyl (C=O) groups excluding carboxylic acids is 1. The number of carboxylic acids is 1. The Morgan fingerprint density at radius 2 is 1.94 bits per heavy atom. The van der Waals surface area contributed by atoms with Crippen LogP contribution in [0.3, 0.4) is 0 Å². The first-order chi connectivity index (χ1) is 8.52. The van der Waals surface area contributed by atoms with Crippen molar-refractivity contribution in [2.24, 2.45) is 0 Å². The van der Waals surface area contributed by atoms with Gasteiger partial charge in [-0.15, -0.1) is 0 Å². The van der Waals surface area contributed by atoms with Gasteiger partial charge < -0.3 is 15.2 Å². The predicted octanol–water partition coefficient (Wildman–Crippen LogP) is 1.22. The molecule has 5 nitrogen and oxygen atoms in total. The van der Waals surface area contributed by atoms with Crippen LogP contribution >= 0.6 is 0 Å². The van der Waals surface area contributed by atoms with Gasteiger partial charge in [-0.05, 0) is 31.0 Å². The Morgan fingerprint density at radius 3 is 2.44 bits per heavy atom. The van der Waals surface area contributed by atoms with Crippen LogP contribution in [0, 0.1) is 0 Å². The van der Waals surface area contributed by atoms with Gasteiger partial charge in [-0.3, -0.25) is 9.59 Å². The van der Waals surface area contributed by atoms with Crippen molar-refractivity contribution in [1.29, 1.82) is 0 Å². The molecule has 5 heteroatoms. The molecule has 0 aliphatic carbocycles. The molecule has 0 saturated heterocycles. The van der Waals surface area contributed by atoms with Crippen molar-refractivity contribution in [2.75, 3.05) is 6.54 Å². The second-order valence-electron chi connectivity index (χ2n) is 3.87. The van der Waals surface area contributed by atoms with Gasteiger partial charge in [0.25, 0.3) is 5.91 Å². The highest BCUT2D eigenvalue weighted by Gasteiger charge is 2.15. The van der Waals surface area contributed by atoms with E-state index < -0.39 is 24.5 Å². The molecule has 0 fully saturated rings. The highest BCUT2D eigenvalue weighted by Crippen LogP contribution is 2.14. The van der Waals surface area contributed by atoms with Gasteiger partial charge in [-0.1, -0.05) is 19.1 Å². The summed E-state index contributed by atoms with van der Waals surface area (Å²) in [5.41, 5.74) is 1.19. The SMILES string of the molecule is CCc1ccc(OC(C)C(=O)NCC(=O)O)cc1. The maximum atomic E-state index is 11.5. The summed E-state index contributed by atoms with van der Waals surface area (Å²) in [7, 11) is 0. The molecule has 18 heavy (non-hydrogen) atoms. The molecule has 1 aromatic carbocycles. The molecular formula is C13H17NO4. The van der Waals surface area contributed by atoms with Gasteiger partial charge in [0, 0.05) is 0 Å². The molecule has 0 saturated carbocycles. The van der Waals surface area contributed by atoms with Crippen molar-refractivity contribution in [3.05, 3.63) is 29.8 Å². The average molecular weight is 251 g/mol. The van der Waals surface area contributed by atoms with E-state index in [0.29, 0.717) is 5.75 Å². The lowest BCUT2D eigenvalue weighted by Crippen LogP contribution is -2.39. The van der Waals surface area contributed by atoms with Crippen LogP contribution in [0.1, 0.15) is 19.4 Å². The van der Waals surface area contributed by atoms with Crippen molar-refractivity contribution in [3.63, 3.8) is 0 Å². The molecule has 0 radical (unpaired) electrons. The van der Waals surface area contributed by atoms with E-state index in [1.54, 1.807) is 19.1 Å². The molecule has 0 aromatic heterocycles. The molecule has 2 N–H and O–H groups in total. The van der Waals surface area contributed by atoms with Crippen LogP contribution in [-0.2, 0) is 16.0 Å². The quantitative estimate of drug-likeness (QED) is 0.797. The number of carboxylic acid groups (broad SMARTS) is 1. The van der Waals surface area contributed by atoms with Crippen molar-refractivity contribution in [2.45, 2.75) is 26.4 Å². The third-order valence-electron chi connectivity index (χ3n) is 2.43. The summed E-state index contributed by atoms with van der Waals surface area (Å²) in [4.78, 5) is 21.8. The van der Waals surface area contributed by atoms with E-state index in [9.17, 15) is 9.59 Å². The molecule has 1 rings (SSSR count). The van der Waals surface area contributed by atoms with Crippen molar-refractivity contribution in [1.82, 2.24) is 5.32 Å². The Balaban J connectivity index is 2.49. The first kappa shape index (κ1) is 14.0. The standard InChI is InChI=1S/C13H17NO4/c1-3-10-4-6-11(7-5-10)18-9(2)13(17)14-8-12(15)16/h4-7,9H,3,8H2,1-2H3,(H,14,17)(H,15,16). The minimum absolute atomic E-state index is 0.401. The number of aliphatic carboxylic acids is 1. The Bertz CT molecular complexity index is 414. The van der Waals surface area contributed by atoms with Gasteiger partial charge in [-0.25, -0.2) is 0 Å². The van der Waals surface area contributed by atoms with Gasteiger partial charge in [0.15, 0.2) is 6.10 Å². The first-order valence-electron chi connectivity index (χ1n) is 5.78. The maximum Gasteiger partial charge on any atom is 0.322 e. The monoisotopic (exact) mass is 251 g/mol. The third kappa shape index (κ3) is 4.45. The Kier molecular flexibility index (Phi) is 5.17. The maximum absolute atomic E-state index is 11.5. The number of amides is 1. The fourth-order valence-corrected chi connectivity index (χ4v) is 1.37. The van der Waals surface area contributed by atoms with Crippen LogP contribution in [0.25, 0.3) is 0 Å². The molecule has 0 aliphatic rings. The van der Waals surface area contributed by atoms with E-state index in [2.05, 4.69) is 12.2 Å². The van der Waals surface area contributed by atoms with E-state index in [0.717, 1.165) is 6.42 Å². The lowest BCUT2D eigenvalue weighted by molar-refractivity contribution is -0.139. The molecule has 0 spiro atoms. The fourth-order valence-electron chi connectivity index (χ4n) is 1.37. The topological polar surface area (TPSA) is 75.6 Å². The third-order valence-corrected chi connectivity index (χ3v) is 2.43. The van der Waals surface area contributed by atoms with Gasteiger partial charge in [0.2, 0.25) is 0 Å². The number of aryl methyl sites for hydroxylation is 1. The largest absolute Gasteiger partial charge is 0.481 e. The van der Waals surface area contributed by atoms with E-state index in [-0.39, 0.29) is 0 Å². The summed E-state index contributed by atoms with van der Waals surface area (Å²) < 4.78 is 5.40. The smallest absolute Gasteiger partial charge is 0.322 e. The summed E-state index contributed by atoms with van der Waals surface area (Å²) in [6.07, 6.45) is 0.214. The second kappa shape index (κ2) is 6.64. The van der Waals surface area contributed by atoms with E-state index in [1.807, 2.05) is 12.1 Å². The Labute approximate surface area is 106 Å². The number of rotatable bonds is 6. The van der Waals surface area contributed by atoms with Gasteiger partial charge in [0.05, 0.1) is 0 Å². The minimum atomic E-state index is -1.08. The molecule has 1 aromatic rings. The molecule has 1 unspecified atom stereocenters. The van der Waals surface area contributed by atoms with E-state index in [4.69, 9.17) is 9.84 Å². The molecule has 0 bridgehead atoms. The highest BCUT2D eigenvalue weighted by atomic mass is 16.5. The predicted molar refractivity (Wildman–Crippen MR) is 66.6 cm³/mol. The van der Waals surface area contributed by atoms with Gasteiger partial charge in [-0.2, -0.15) is 0 Å². The van der Waals surface area contributed by atoms with Crippen molar-refractivity contribution in [3.8, 4) is 5.75 Å². The molecule has 0 aliphatic heterocycles. The number of carbonyl (C=O) groups is 2. The summed E-state index contributed by atoms with van der Waals surface area (Å²) in [5, 5.41) is 10.7. The summed E-state index contributed by atoms with van der Waals surface area (Å²) in [6, 6.07) is 7.44. The summed E-state index contributed by atoms with van der Waals surface area (Å²) >= 11 is 0. The van der Waals surface area contributed by atoms with Crippen LogP contribution in [0.4, 0.5) is 0 Å². The van der Waals surface area contributed by atoms with Gasteiger partial charge >= 0.3 is 5.97 Å². The zero-order valence-corrected chi connectivity index (χ0v) is 10.5. The van der Waals surface area contributed by atoms with E-state index in [1.165, 1.54) is 5.56 Å². The van der Waals surface area contributed by atoms with Crippen molar-refractivity contribution >= 4 is 11.9 Å². The molecule has 98 valence electrons. The molecular weight excluding hydrogens is 234 g/mol. The number of hydrogen-bond donors (Lipinski definition) is 2. The second-order valence-corrected chi connectivity index (χ2v) is 3.87. The number of benzene rings is 1. The van der Waals surface area contributed by atoms with Gasteiger partial charge in [0.1, 0.15) is 12.3 Å². The van der Waals surface area contributed by atoms with E-state index >= 15 is 0 Å². The van der Waals surface area contributed by atoms with Crippen LogP contribution < -0.4 is 10.1 Å². The summed E-state index contributed by atoms with van der Waals surface area (Å²) in [6.45, 7) is 3.23. The lowest BCUT2D eigenvalue weighted by atomic mass is 10.2. The number of nitrogens with one attached hydrogen (secondary N) is 1. The Morgan fingerprint density at radius 1 is 1.33 bits per heavy atom. The van der Waals surface area contributed by atoms with Crippen LogP contribution in [-0.4, -0.2) is 29.6 Å². The number of ether oxygens (including phenoxy) is 1. The summed E-state index contributed by atoms with van der Waals surface area (Å²) in [5.74, 6) is -0.940. The molecule has 1 amide bonds. The highest BCUT2D eigenvalue weighted by molar-refractivity contribution is 5.84. The van der Waals surface area contributed by atoms with Crippen molar-refractivity contribution < 1.29 is 19.4 Å². The average Bonchev–Trinajstić information content (AvgIpc) is 2.36. The fraction of sp³-hybridized carbons (Fsp3) is 0.385. The molecule has 1 atom stereocenters. The normalized spacial score (nSPS) is 11.7. The van der Waals surface area contributed by atoms with Crippen LogP contribution in [0.5, 0.6) is 5.75 Å². The zero-order chi connectivity index (χ0) is 13.5. The molecule has 0 heterocycles. The van der Waals surface area contributed by atoms with Crippen LogP contribution in [0.15, 0.2) is 24.3 Å². The zero-order valence-electron chi connectivity index (χ0n) is 10.5. The Hall–Kier alpha value is -2.04. The number of hydrogen-bond acceptors (Lipinski definition) is 3. The van der Waals surface area contributed by atoms with Crippen LogP contribution in [0.2, 0.25) is 0 Å². The first-order valence-corrected chi connectivity index (χ1v) is 5.78. The lowest BCUT2D eigenvalue weighted by Gasteiger charge is -2.14.